The number of sulfonamides is 1. The van der Waals surface area contributed by atoms with Gasteiger partial charge in [-0.05, 0) is 25.2 Å². The quantitative estimate of drug-likeness (QED) is 0.525. The molecule has 15 heavy (non-hydrogen) atoms. The second-order valence-corrected chi connectivity index (χ2v) is 6.54. The van der Waals surface area contributed by atoms with Crippen LogP contribution in [0.5, 0.6) is 0 Å². The molecule has 0 bridgehead atoms. The van der Waals surface area contributed by atoms with Crippen LogP contribution in [-0.2, 0) is 10.0 Å². The van der Waals surface area contributed by atoms with E-state index in [1.165, 1.54) is 0 Å². The number of hydrogen-bond donors (Lipinski definition) is 1. The van der Waals surface area contributed by atoms with Gasteiger partial charge in [0.05, 0.1) is 5.75 Å². The maximum atomic E-state index is 11.4. The van der Waals surface area contributed by atoms with Gasteiger partial charge in [-0.1, -0.05) is 36.2 Å². The molecule has 0 spiro atoms. The van der Waals surface area contributed by atoms with Gasteiger partial charge >= 0.3 is 0 Å². The molecule has 1 unspecified atom stereocenters. The number of halogens is 1. The van der Waals surface area contributed by atoms with Crippen molar-refractivity contribution >= 4 is 26.0 Å². The highest BCUT2D eigenvalue weighted by Crippen LogP contribution is 2.07. The predicted molar refractivity (Wildman–Crippen MR) is 68.9 cm³/mol. The molecular weight excluding hydrogens is 278 g/mol. The Kier molecular flexibility index (Phi) is 8.75. The first-order chi connectivity index (χ1) is 7.02. The zero-order valence-corrected chi connectivity index (χ0v) is 12.0. The van der Waals surface area contributed by atoms with Crippen molar-refractivity contribution in [2.24, 2.45) is 5.92 Å². The summed E-state index contributed by atoms with van der Waals surface area (Å²) < 4.78 is 25.4. The lowest BCUT2D eigenvalue weighted by Gasteiger charge is -2.08. The van der Waals surface area contributed by atoms with E-state index in [0.717, 1.165) is 31.0 Å². The molecule has 0 radical (unpaired) electrons. The van der Waals surface area contributed by atoms with Gasteiger partial charge in [0.25, 0.3) is 0 Å². The van der Waals surface area contributed by atoms with Crippen LogP contribution in [0.2, 0.25) is 0 Å². The molecule has 5 heteroatoms. The van der Waals surface area contributed by atoms with E-state index >= 15 is 0 Å². The molecule has 0 rings (SSSR count). The second-order valence-electron chi connectivity index (χ2n) is 3.97. The number of alkyl halides is 1. The molecule has 3 nitrogen and oxygen atoms in total. The van der Waals surface area contributed by atoms with Gasteiger partial charge in [0.15, 0.2) is 0 Å². The molecule has 1 N–H and O–H groups in total. The van der Waals surface area contributed by atoms with Crippen LogP contribution in [0.4, 0.5) is 0 Å². The zero-order valence-electron chi connectivity index (χ0n) is 9.63. The molecule has 0 heterocycles. The number of hydrogen-bond acceptors (Lipinski definition) is 2. The molecule has 0 aliphatic rings. The average Bonchev–Trinajstić information content (AvgIpc) is 2.21. The Labute approximate surface area is 102 Å². The van der Waals surface area contributed by atoms with Crippen molar-refractivity contribution in [1.82, 2.24) is 4.72 Å². The Morgan fingerprint density at radius 2 is 2.00 bits per heavy atom. The fraction of sp³-hybridized carbons (Fsp3) is 1.00. The van der Waals surface area contributed by atoms with Gasteiger partial charge in [0.1, 0.15) is 0 Å². The molecule has 0 fully saturated rings. The van der Waals surface area contributed by atoms with Crippen molar-refractivity contribution in [3.8, 4) is 0 Å². The topological polar surface area (TPSA) is 46.2 Å². The Morgan fingerprint density at radius 3 is 2.53 bits per heavy atom. The maximum Gasteiger partial charge on any atom is 0.211 e. The highest BCUT2D eigenvalue weighted by molar-refractivity contribution is 9.09. The molecule has 1 atom stereocenters. The molecule has 0 saturated carbocycles. The minimum atomic E-state index is -3.01. The molecule has 0 aromatic heterocycles. The van der Waals surface area contributed by atoms with Crippen LogP contribution in [0.1, 0.15) is 39.5 Å². The number of unbranched alkanes of at least 4 members (excludes halogenated alkanes) is 1. The van der Waals surface area contributed by atoms with Gasteiger partial charge < -0.3 is 0 Å². The van der Waals surface area contributed by atoms with Crippen molar-refractivity contribution in [1.29, 1.82) is 0 Å². The lowest BCUT2D eigenvalue weighted by molar-refractivity contribution is 0.545. The maximum absolute atomic E-state index is 11.4. The monoisotopic (exact) mass is 299 g/mol. The van der Waals surface area contributed by atoms with E-state index in [9.17, 15) is 8.42 Å². The van der Waals surface area contributed by atoms with Crippen molar-refractivity contribution in [2.45, 2.75) is 39.5 Å². The van der Waals surface area contributed by atoms with Gasteiger partial charge in [-0.2, -0.15) is 0 Å². The third-order valence-corrected chi connectivity index (χ3v) is 4.80. The summed E-state index contributed by atoms with van der Waals surface area (Å²) in [6.07, 6.45) is 3.63. The lowest BCUT2D eigenvalue weighted by Crippen LogP contribution is -2.27. The van der Waals surface area contributed by atoms with E-state index < -0.39 is 10.0 Å². The summed E-state index contributed by atoms with van der Waals surface area (Å²) in [5.41, 5.74) is 0. The fourth-order valence-corrected chi connectivity index (χ4v) is 2.75. The summed E-state index contributed by atoms with van der Waals surface area (Å²) in [6, 6.07) is 0. The van der Waals surface area contributed by atoms with Crippen LogP contribution < -0.4 is 4.72 Å². The van der Waals surface area contributed by atoms with E-state index in [4.69, 9.17) is 0 Å². The van der Waals surface area contributed by atoms with Crippen LogP contribution in [-0.4, -0.2) is 26.0 Å². The van der Waals surface area contributed by atoms with Crippen LogP contribution in [0.3, 0.4) is 0 Å². The Balaban J connectivity index is 3.57. The summed E-state index contributed by atoms with van der Waals surface area (Å²) in [5.74, 6) is 0.877. The summed E-state index contributed by atoms with van der Waals surface area (Å²) >= 11 is 3.40. The molecule has 0 aromatic carbocycles. The number of nitrogens with one attached hydrogen (secondary N) is 1. The fourth-order valence-electron chi connectivity index (χ4n) is 1.16. The third-order valence-electron chi connectivity index (χ3n) is 2.23. The highest BCUT2D eigenvalue weighted by Gasteiger charge is 2.08. The van der Waals surface area contributed by atoms with Crippen LogP contribution in [0.15, 0.2) is 0 Å². The number of rotatable bonds is 9. The van der Waals surface area contributed by atoms with E-state index in [0.29, 0.717) is 12.5 Å². The summed E-state index contributed by atoms with van der Waals surface area (Å²) in [6.45, 7) is 4.72. The van der Waals surface area contributed by atoms with Crippen LogP contribution in [0, 0.1) is 5.92 Å². The zero-order chi connectivity index (χ0) is 11.7. The van der Waals surface area contributed by atoms with E-state index in [-0.39, 0.29) is 5.75 Å². The van der Waals surface area contributed by atoms with E-state index in [1.807, 2.05) is 6.92 Å². The summed E-state index contributed by atoms with van der Waals surface area (Å²) in [4.78, 5) is 0. The predicted octanol–water partition coefficient (Wildman–Crippen LogP) is 2.52. The molecule has 92 valence electrons. The summed E-state index contributed by atoms with van der Waals surface area (Å²) in [5, 5.41) is 0.982. The first-order valence-corrected chi connectivity index (χ1v) is 8.32. The van der Waals surface area contributed by atoms with Gasteiger partial charge in [-0.15, -0.1) is 0 Å². The Hall–Kier alpha value is 0.390. The van der Waals surface area contributed by atoms with Gasteiger partial charge in [-0.3, -0.25) is 0 Å². The van der Waals surface area contributed by atoms with Crippen LogP contribution >= 0.6 is 15.9 Å². The van der Waals surface area contributed by atoms with Gasteiger partial charge in [-0.25, -0.2) is 13.1 Å². The highest BCUT2D eigenvalue weighted by atomic mass is 79.9. The van der Waals surface area contributed by atoms with Crippen molar-refractivity contribution in [2.75, 3.05) is 17.6 Å². The molecule has 0 aliphatic heterocycles. The summed E-state index contributed by atoms with van der Waals surface area (Å²) in [7, 11) is -3.01. The first-order valence-electron chi connectivity index (χ1n) is 5.55. The minimum absolute atomic E-state index is 0.261. The third kappa shape index (κ3) is 9.33. The smallest absolute Gasteiger partial charge is 0.211 e. The Morgan fingerprint density at radius 1 is 1.33 bits per heavy atom. The van der Waals surface area contributed by atoms with Crippen LogP contribution in [0.25, 0.3) is 0 Å². The SMILES string of the molecule is CCCCS(=O)(=O)NCCCC(C)CBr. The van der Waals surface area contributed by atoms with Crippen molar-refractivity contribution in [3.05, 3.63) is 0 Å². The second kappa shape index (κ2) is 8.53. The van der Waals surface area contributed by atoms with Gasteiger partial charge in [0.2, 0.25) is 10.0 Å². The van der Waals surface area contributed by atoms with Gasteiger partial charge in [0, 0.05) is 11.9 Å². The largest absolute Gasteiger partial charge is 0.215 e. The van der Waals surface area contributed by atoms with Crippen molar-refractivity contribution < 1.29 is 8.42 Å². The molecule has 0 aliphatic carbocycles. The molecule has 0 saturated heterocycles. The van der Waals surface area contributed by atoms with E-state index in [2.05, 4.69) is 27.6 Å². The normalized spacial score (nSPS) is 14.1. The minimum Gasteiger partial charge on any atom is -0.215 e. The molecule has 0 aromatic rings. The average molecular weight is 300 g/mol. The van der Waals surface area contributed by atoms with Crippen molar-refractivity contribution in [3.63, 3.8) is 0 Å². The lowest BCUT2D eigenvalue weighted by atomic mass is 10.1. The van der Waals surface area contributed by atoms with E-state index in [1.54, 1.807) is 0 Å². The first kappa shape index (κ1) is 15.4. The molecular formula is C10H22BrNO2S. The standard InChI is InChI=1S/C10H22BrNO2S/c1-3-4-8-15(13,14)12-7-5-6-10(2)9-11/h10,12H,3-9H2,1-2H3. The molecule has 0 amide bonds. The Bertz CT molecular complexity index is 242.